The molecule has 6 nitrogen and oxygen atoms in total. The van der Waals surface area contributed by atoms with Gasteiger partial charge in [0.25, 0.3) is 11.8 Å². The number of imide groups is 1. The summed E-state index contributed by atoms with van der Waals surface area (Å²) < 4.78 is 23.7. The van der Waals surface area contributed by atoms with Crippen LogP contribution in [0.3, 0.4) is 0 Å². The largest absolute Gasteiger partial charge is 0.497 e. The van der Waals surface area contributed by atoms with Gasteiger partial charge in [-0.25, -0.2) is 4.39 Å². The molecule has 0 saturated heterocycles. The van der Waals surface area contributed by atoms with Gasteiger partial charge in [0.2, 0.25) is 0 Å². The molecule has 0 unspecified atom stereocenters. The lowest BCUT2D eigenvalue weighted by Gasteiger charge is -2.15. The van der Waals surface area contributed by atoms with Crippen LogP contribution >= 0.6 is 11.6 Å². The van der Waals surface area contributed by atoms with E-state index >= 15 is 0 Å². The van der Waals surface area contributed by atoms with Crippen LogP contribution in [0.25, 0.3) is 5.57 Å². The van der Waals surface area contributed by atoms with Crippen LogP contribution in [0, 0.1) is 5.82 Å². The smallest absolute Gasteiger partial charge is 0.278 e. The Morgan fingerprint density at radius 3 is 2.21 bits per heavy atom. The van der Waals surface area contributed by atoms with Crippen LogP contribution in [0.5, 0.6) is 11.5 Å². The summed E-state index contributed by atoms with van der Waals surface area (Å²) in [6.45, 7) is 0.00610. The van der Waals surface area contributed by atoms with Gasteiger partial charge in [-0.3, -0.25) is 14.5 Å². The summed E-state index contributed by atoms with van der Waals surface area (Å²) in [5.74, 6) is -0.249. The van der Waals surface area contributed by atoms with Crippen molar-refractivity contribution in [2.75, 3.05) is 19.5 Å². The van der Waals surface area contributed by atoms with Crippen LogP contribution in [0.4, 0.5) is 10.1 Å². The second-order valence-corrected chi connectivity index (χ2v) is 7.68. The molecule has 4 rings (SSSR count). The van der Waals surface area contributed by atoms with Crippen molar-refractivity contribution < 1.29 is 23.5 Å². The number of methoxy groups -OCH3 is 2. The van der Waals surface area contributed by atoms with Crippen molar-refractivity contribution in [3.63, 3.8) is 0 Å². The van der Waals surface area contributed by atoms with Crippen molar-refractivity contribution in [3.8, 4) is 11.5 Å². The fraction of sp³-hybridized carbons (Fsp3) is 0.120. The highest BCUT2D eigenvalue weighted by atomic mass is 35.5. The number of carbonyl (C=O) groups excluding carboxylic acids is 2. The lowest BCUT2D eigenvalue weighted by atomic mass is 10.0. The Kier molecular flexibility index (Phi) is 6.33. The van der Waals surface area contributed by atoms with Crippen LogP contribution in [0.2, 0.25) is 5.02 Å². The number of carbonyl (C=O) groups is 2. The van der Waals surface area contributed by atoms with Crippen LogP contribution in [0.15, 0.2) is 72.4 Å². The van der Waals surface area contributed by atoms with E-state index in [1.807, 2.05) is 0 Å². The van der Waals surface area contributed by atoms with Gasteiger partial charge in [0.1, 0.15) is 23.0 Å². The molecule has 1 heterocycles. The Morgan fingerprint density at radius 1 is 0.909 bits per heavy atom. The molecule has 0 saturated carbocycles. The molecule has 0 fully saturated rings. The zero-order valence-corrected chi connectivity index (χ0v) is 18.7. The molecule has 8 heteroatoms. The van der Waals surface area contributed by atoms with E-state index in [0.717, 1.165) is 4.90 Å². The average Bonchev–Trinajstić information content (AvgIpc) is 3.05. The molecule has 0 aliphatic carbocycles. The minimum absolute atomic E-state index is 0.00610. The Labute approximate surface area is 195 Å². The molecule has 0 bridgehead atoms. The first kappa shape index (κ1) is 22.4. The second-order valence-electron chi connectivity index (χ2n) is 7.28. The van der Waals surface area contributed by atoms with Gasteiger partial charge >= 0.3 is 0 Å². The topological polar surface area (TPSA) is 67.9 Å². The molecule has 0 atom stereocenters. The van der Waals surface area contributed by atoms with Crippen molar-refractivity contribution in [2.24, 2.45) is 0 Å². The summed E-state index contributed by atoms with van der Waals surface area (Å²) in [6, 6.07) is 17.5. The van der Waals surface area contributed by atoms with E-state index in [1.165, 1.54) is 31.4 Å². The van der Waals surface area contributed by atoms with Gasteiger partial charge in [-0.15, -0.1) is 0 Å². The predicted molar refractivity (Wildman–Crippen MR) is 123 cm³/mol. The van der Waals surface area contributed by atoms with Crippen molar-refractivity contribution in [1.82, 2.24) is 4.90 Å². The SMILES string of the molecule is COc1ccc(C2=C(Nc3ccc(OC)c(Cl)c3)C(=O)N(Cc3ccc(F)cc3)C2=O)cc1. The number of hydrogen-bond donors (Lipinski definition) is 1. The number of nitrogens with one attached hydrogen (secondary N) is 1. The molecule has 3 aromatic rings. The first-order valence-electron chi connectivity index (χ1n) is 10.0. The summed E-state index contributed by atoms with van der Waals surface area (Å²) in [6.07, 6.45) is 0. The first-order valence-corrected chi connectivity index (χ1v) is 10.4. The fourth-order valence-corrected chi connectivity index (χ4v) is 3.78. The molecule has 0 aromatic heterocycles. The minimum Gasteiger partial charge on any atom is -0.497 e. The van der Waals surface area contributed by atoms with Crippen LogP contribution < -0.4 is 14.8 Å². The molecule has 0 radical (unpaired) electrons. The summed E-state index contributed by atoms with van der Waals surface area (Å²) >= 11 is 6.23. The van der Waals surface area contributed by atoms with Gasteiger partial charge in [-0.2, -0.15) is 0 Å². The standard InChI is InChI=1S/C25H20ClFN2O4/c1-32-19-10-5-16(6-11-19)22-23(28-18-9-12-21(33-2)20(26)13-18)25(31)29(24(22)30)14-15-3-7-17(27)8-4-15/h3-13,28H,14H2,1-2H3. The number of ether oxygens (including phenoxy) is 2. The van der Waals surface area contributed by atoms with Gasteiger partial charge in [0.15, 0.2) is 0 Å². The molecule has 168 valence electrons. The number of benzene rings is 3. The molecular weight excluding hydrogens is 447 g/mol. The summed E-state index contributed by atoms with van der Waals surface area (Å²) in [5, 5.41) is 3.41. The predicted octanol–water partition coefficient (Wildman–Crippen LogP) is 4.89. The van der Waals surface area contributed by atoms with Crippen molar-refractivity contribution in [2.45, 2.75) is 6.54 Å². The lowest BCUT2D eigenvalue weighted by molar-refractivity contribution is -0.137. The van der Waals surface area contributed by atoms with Crippen molar-refractivity contribution in [3.05, 3.63) is 94.4 Å². The summed E-state index contributed by atoms with van der Waals surface area (Å²) in [5.41, 5.74) is 2.04. The fourth-order valence-electron chi connectivity index (χ4n) is 3.52. The molecule has 0 spiro atoms. The molecule has 2 amide bonds. The summed E-state index contributed by atoms with van der Waals surface area (Å²) in [4.78, 5) is 27.8. The normalized spacial score (nSPS) is 13.5. The van der Waals surface area contributed by atoms with E-state index in [-0.39, 0.29) is 17.8 Å². The summed E-state index contributed by atoms with van der Waals surface area (Å²) in [7, 11) is 3.05. The third kappa shape index (κ3) is 4.54. The van der Waals surface area contributed by atoms with E-state index in [2.05, 4.69) is 5.32 Å². The van der Waals surface area contributed by atoms with E-state index < -0.39 is 17.6 Å². The van der Waals surface area contributed by atoms with Gasteiger partial charge in [-0.1, -0.05) is 35.9 Å². The highest BCUT2D eigenvalue weighted by Crippen LogP contribution is 2.34. The Hall–Kier alpha value is -3.84. The van der Waals surface area contributed by atoms with Gasteiger partial charge < -0.3 is 14.8 Å². The first-order chi connectivity index (χ1) is 15.9. The second kappa shape index (κ2) is 9.34. The highest BCUT2D eigenvalue weighted by molar-refractivity contribution is 6.36. The number of nitrogens with zero attached hydrogens (tertiary/aromatic N) is 1. The number of rotatable bonds is 7. The zero-order valence-electron chi connectivity index (χ0n) is 17.9. The highest BCUT2D eigenvalue weighted by Gasteiger charge is 2.39. The Bertz CT molecular complexity index is 1240. The van der Waals surface area contributed by atoms with Crippen molar-refractivity contribution in [1.29, 1.82) is 0 Å². The van der Waals surface area contributed by atoms with E-state index in [4.69, 9.17) is 21.1 Å². The van der Waals surface area contributed by atoms with Gasteiger partial charge in [0.05, 0.1) is 31.4 Å². The van der Waals surface area contributed by atoms with E-state index in [9.17, 15) is 14.0 Å². The maximum absolute atomic E-state index is 13.4. The monoisotopic (exact) mass is 466 g/mol. The van der Waals surface area contributed by atoms with E-state index in [1.54, 1.807) is 49.6 Å². The van der Waals surface area contributed by atoms with Crippen molar-refractivity contribution >= 4 is 34.7 Å². The maximum Gasteiger partial charge on any atom is 0.278 e. The van der Waals surface area contributed by atoms with Crippen LogP contribution in [0.1, 0.15) is 11.1 Å². The molecule has 1 N–H and O–H groups in total. The third-order valence-corrected chi connectivity index (χ3v) is 5.52. The molecule has 3 aromatic carbocycles. The zero-order chi connectivity index (χ0) is 23.5. The quantitative estimate of drug-likeness (QED) is 0.502. The van der Waals surface area contributed by atoms with E-state index in [0.29, 0.717) is 33.3 Å². The maximum atomic E-state index is 13.4. The number of amides is 2. The molecule has 1 aliphatic heterocycles. The van der Waals surface area contributed by atoms with Gasteiger partial charge in [-0.05, 0) is 53.6 Å². The molecule has 33 heavy (non-hydrogen) atoms. The Morgan fingerprint density at radius 2 is 1.61 bits per heavy atom. The van der Waals surface area contributed by atoms with Gasteiger partial charge in [0, 0.05) is 5.69 Å². The lowest BCUT2D eigenvalue weighted by Crippen LogP contribution is -2.32. The minimum atomic E-state index is -0.498. The Balaban J connectivity index is 1.73. The molecular formula is C25H20ClFN2O4. The molecule has 1 aliphatic rings. The number of hydrogen-bond acceptors (Lipinski definition) is 5. The third-order valence-electron chi connectivity index (χ3n) is 5.22. The number of halogens is 2. The van der Waals surface area contributed by atoms with Crippen LogP contribution in [-0.2, 0) is 16.1 Å². The van der Waals surface area contributed by atoms with Crippen LogP contribution in [-0.4, -0.2) is 30.9 Å². The number of anilines is 1. The average molecular weight is 467 g/mol.